The maximum absolute atomic E-state index is 13.2. The molecule has 1 aliphatic heterocycles. The molecular formula is C19H17F2N3O3. The predicted molar refractivity (Wildman–Crippen MR) is 93.8 cm³/mol. The lowest BCUT2D eigenvalue weighted by molar-refractivity contribution is -0.130. The summed E-state index contributed by atoms with van der Waals surface area (Å²) in [4.78, 5) is 37.2. The van der Waals surface area contributed by atoms with Crippen LogP contribution >= 0.6 is 0 Å². The van der Waals surface area contributed by atoms with Gasteiger partial charge in [0.1, 0.15) is 24.2 Å². The number of hydrogen-bond acceptors (Lipinski definition) is 3. The Morgan fingerprint density at radius 3 is 2.41 bits per heavy atom. The molecule has 0 bridgehead atoms. The Kier molecular flexibility index (Phi) is 5.44. The number of amides is 4. The zero-order chi connectivity index (χ0) is 19.4. The highest BCUT2D eigenvalue weighted by atomic mass is 19.1. The number of hydrogen-bond donors (Lipinski definition) is 2. The maximum atomic E-state index is 13.2. The summed E-state index contributed by atoms with van der Waals surface area (Å²) in [5.74, 6) is -2.92. The molecule has 1 heterocycles. The van der Waals surface area contributed by atoms with E-state index in [0.29, 0.717) is 18.9 Å². The molecular weight excluding hydrogens is 356 g/mol. The Morgan fingerprint density at radius 1 is 1.07 bits per heavy atom. The van der Waals surface area contributed by atoms with Gasteiger partial charge in [-0.05, 0) is 30.5 Å². The molecule has 27 heavy (non-hydrogen) atoms. The van der Waals surface area contributed by atoms with Crippen LogP contribution in [-0.2, 0) is 16.0 Å². The number of imide groups is 1. The molecule has 1 fully saturated rings. The number of urea groups is 1. The molecule has 1 aliphatic rings. The molecule has 1 atom stereocenters. The van der Waals surface area contributed by atoms with Gasteiger partial charge in [-0.15, -0.1) is 0 Å². The lowest BCUT2D eigenvalue weighted by Gasteiger charge is -2.13. The zero-order valence-electron chi connectivity index (χ0n) is 14.2. The molecule has 2 N–H and O–H groups in total. The standard InChI is InChI=1S/C19H17F2N3O3/c20-13-8-14(21)10-15(9-13)22-17(25)11-24-18(26)16(23-19(24)27)7-6-12-4-2-1-3-5-12/h1-5,8-10,16H,6-7,11H2,(H,22,25)(H,23,27). The summed E-state index contributed by atoms with van der Waals surface area (Å²) in [5, 5.41) is 4.82. The van der Waals surface area contributed by atoms with Crippen LogP contribution in [0.15, 0.2) is 48.5 Å². The van der Waals surface area contributed by atoms with Crippen LogP contribution in [0.25, 0.3) is 0 Å². The van der Waals surface area contributed by atoms with Crippen molar-refractivity contribution in [3.63, 3.8) is 0 Å². The molecule has 3 rings (SSSR count). The van der Waals surface area contributed by atoms with E-state index in [9.17, 15) is 23.2 Å². The predicted octanol–water partition coefficient (Wildman–Crippen LogP) is 2.46. The number of nitrogens with one attached hydrogen (secondary N) is 2. The van der Waals surface area contributed by atoms with Crippen LogP contribution in [0.3, 0.4) is 0 Å². The summed E-state index contributed by atoms with van der Waals surface area (Å²) in [7, 11) is 0. The summed E-state index contributed by atoms with van der Waals surface area (Å²) in [6.45, 7) is -0.537. The second-order valence-corrected chi connectivity index (χ2v) is 6.16. The number of carbonyl (C=O) groups is 3. The highest BCUT2D eigenvalue weighted by molar-refractivity contribution is 6.07. The minimum Gasteiger partial charge on any atom is -0.326 e. The Labute approximate surface area is 154 Å². The van der Waals surface area contributed by atoms with E-state index in [1.807, 2.05) is 30.3 Å². The molecule has 0 spiro atoms. The zero-order valence-corrected chi connectivity index (χ0v) is 14.2. The quantitative estimate of drug-likeness (QED) is 0.764. The van der Waals surface area contributed by atoms with E-state index in [1.54, 1.807) is 0 Å². The van der Waals surface area contributed by atoms with E-state index < -0.39 is 42.1 Å². The van der Waals surface area contributed by atoms with Crippen molar-refractivity contribution in [1.82, 2.24) is 10.2 Å². The molecule has 0 saturated carbocycles. The number of carbonyl (C=O) groups excluding carboxylic acids is 3. The van der Waals surface area contributed by atoms with Gasteiger partial charge in [-0.1, -0.05) is 30.3 Å². The third-order valence-electron chi connectivity index (χ3n) is 4.12. The molecule has 1 saturated heterocycles. The molecule has 0 aliphatic carbocycles. The molecule has 2 aromatic carbocycles. The SMILES string of the molecule is O=C(CN1C(=O)NC(CCc2ccccc2)C1=O)Nc1cc(F)cc(F)c1. The number of halogens is 2. The number of benzene rings is 2. The van der Waals surface area contributed by atoms with Crippen molar-refractivity contribution in [3.8, 4) is 0 Å². The highest BCUT2D eigenvalue weighted by Gasteiger charge is 2.38. The first-order chi connectivity index (χ1) is 12.9. The summed E-state index contributed by atoms with van der Waals surface area (Å²) >= 11 is 0. The summed E-state index contributed by atoms with van der Waals surface area (Å²) < 4.78 is 26.3. The van der Waals surface area contributed by atoms with Crippen molar-refractivity contribution in [3.05, 3.63) is 65.7 Å². The van der Waals surface area contributed by atoms with Crippen LogP contribution in [0.4, 0.5) is 19.3 Å². The van der Waals surface area contributed by atoms with Gasteiger partial charge in [-0.2, -0.15) is 0 Å². The monoisotopic (exact) mass is 373 g/mol. The van der Waals surface area contributed by atoms with E-state index in [2.05, 4.69) is 10.6 Å². The number of rotatable bonds is 6. The first-order valence-electron chi connectivity index (χ1n) is 8.34. The first-order valence-corrected chi connectivity index (χ1v) is 8.34. The van der Waals surface area contributed by atoms with Gasteiger partial charge in [-0.3, -0.25) is 14.5 Å². The van der Waals surface area contributed by atoms with Crippen molar-refractivity contribution in [2.24, 2.45) is 0 Å². The smallest absolute Gasteiger partial charge is 0.325 e. The van der Waals surface area contributed by atoms with Crippen LogP contribution < -0.4 is 10.6 Å². The number of aryl methyl sites for hydroxylation is 1. The molecule has 0 aromatic heterocycles. The summed E-state index contributed by atoms with van der Waals surface area (Å²) in [5.41, 5.74) is 0.939. The minimum absolute atomic E-state index is 0.0924. The van der Waals surface area contributed by atoms with Gasteiger partial charge in [0.25, 0.3) is 5.91 Å². The van der Waals surface area contributed by atoms with Gasteiger partial charge < -0.3 is 10.6 Å². The Bertz CT molecular complexity index is 854. The van der Waals surface area contributed by atoms with Crippen LogP contribution in [0.5, 0.6) is 0 Å². The van der Waals surface area contributed by atoms with Gasteiger partial charge in [0.2, 0.25) is 5.91 Å². The highest BCUT2D eigenvalue weighted by Crippen LogP contribution is 2.15. The topological polar surface area (TPSA) is 78.5 Å². The van der Waals surface area contributed by atoms with Crippen LogP contribution in [0.2, 0.25) is 0 Å². The lowest BCUT2D eigenvalue weighted by atomic mass is 10.1. The third kappa shape index (κ3) is 4.66. The van der Waals surface area contributed by atoms with Gasteiger partial charge in [0, 0.05) is 11.8 Å². The van der Waals surface area contributed by atoms with E-state index in [0.717, 1.165) is 22.6 Å². The van der Waals surface area contributed by atoms with Crippen LogP contribution in [-0.4, -0.2) is 35.3 Å². The fourth-order valence-electron chi connectivity index (χ4n) is 2.85. The van der Waals surface area contributed by atoms with Crippen LogP contribution in [0.1, 0.15) is 12.0 Å². The van der Waals surface area contributed by atoms with Gasteiger partial charge >= 0.3 is 6.03 Å². The second kappa shape index (κ2) is 7.94. The minimum atomic E-state index is -0.846. The summed E-state index contributed by atoms with van der Waals surface area (Å²) in [6.07, 6.45) is 1.00. The lowest BCUT2D eigenvalue weighted by Crippen LogP contribution is -2.38. The summed E-state index contributed by atoms with van der Waals surface area (Å²) in [6, 6.07) is 10.7. The number of nitrogens with zero attached hydrogens (tertiary/aromatic N) is 1. The maximum Gasteiger partial charge on any atom is 0.325 e. The average Bonchev–Trinajstić information content (AvgIpc) is 2.87. The molecule has 0 radical (unpaired) electrons. The first kappa shape index (κ1) is 18.5. The molecule has 4 amide bonds. The Morgan fingerprint density at radius 2 is 1.74 bits per heavy atom. The molecule has 6 nitrogen and oxygen atoms in total. The van der Waals surface area contributed by atoms with Crippen molar-refractivity contribution in [1.29, 1.82) is 0 Å². The van der Waals surface area contributed by atoms with Gasteiger partial charge in [0.15, 0.2) is 0 Å². The van der Waals surface area contributed by atoms with Crippen molar-refractivity contribution in [2.45, 2.75) is 18.9 Å². The molecule has 140 valence electrons. The third-order valence-corrected chi connectivity index (χ3v) is 4.12. The van der Waals surface area contributed by atoms with Crippen LogP contribution in [0, 0.1) is 11.6 Å². The van der Waals surface area contributed by atoms with Crippen molar-refractivity contribution < 1.29 is 23.2 Å². The van der Waals surface area contributed by atoms with E-state index in [-0.39, 0.29) is 5.69 Å². The number of anilines is 1. The van der Waals surface area contributed by atoms with E-state index in [4.69, 9.17) is 0 Å². The van der Waals surface area contributed by atoms with Crippen molar-refractivity contribution in [2.75, 3.05) is 11.9 Å². The second-order valence-electron chi connectivity index (χ2n) is 6.16. The van der Waals surface area contributed by atoms with Gasteiger partial charge in [-0.25, -0.2) is 13.6 Å². The molecule has 2 aromatic rings. The Balaban J connectivity index is 1.57. The van der Waals surface area contributed by atoms with E-state index in [1.165, 1.54) is 0 Å². The molecule has 8 heteroatoms. The molecule has 1 unspecified atom stereocenters. The van der Waals surface area contributed by atoms with Crippen molar-refractivity contribution >= 4 is 23.5 Å². The van der Waals surface area contributed by atoms with Gasteiger partial charge in [0.05, 0.1) is 0 Å². The normalized spacial score (nSPS) is 16.4. The van der Waals surface area contributed by atoms with E-state index >= 15 is 0 Å². The fourth-order valence-corrected chi connectivity index (χ4v) is 2.85. The average molecular weight is 373 g/mol. The fraction of sp³-hybridized carbons (Fsp3) is 0.211. The Hall–Kier alpha value is -3.29. The largest absolute Gasteiger partial charge is 0.326 e.